The summed E-state index contributed by atoms with van der Waals surface area (Å²) in [5.41, 5.74) is 5.14. The lowest BCUT2D eigenvalue weighted by Crippen LogP contribution is -1.90. The molecule has 0 aliphatic heterocycles. The second-order valence-electron chi connectivity index (χ2n) is 9.65. The molecule has 0 aliphatic carbocycles. The lowest BCUT2D eigenvalue weighted by atomic mass is 9.86. The lowest BCUT2D eigenvalue weighted by molar-refractivity contribution is 1.66. The van der Waals surface area contributed by atoms with E-state index < -0.39 is 0 Å². The van der Waals surface area contributed by atoms with Crippen molar-refractivity contribution in [2.45, 2.75) is 0 Å². The molecule has 0 fully saturated rings. The second kappa shape index (κ2) is 8.03. The van der Waals surface area contributed by atoms with E-state index in [1.807, 2.05) is 11.3 Å². The highest BCUT2D eigenvalue weighted by molar-refractivity contribution is 7.26. The molecule has 1 heteroatoms. The predicted molar refractivity (Wildman–Crippen MR) is 163 cm³/mol. The quantitative estimate of drug-likeness (QED) is 0.213. The Balaban J connectivity index is 1.61. The van der Waals surface area contributed by atoms with Crippen LogP contribution in [0.15, 0.2) is 133 Å². The van der Waals surface area contributed by atoms with Crippen LogP contribution in [0.2, 0.25) is 0 Å². The molecular formula is C36H22S. The molecule has 0 radical (unpaired) electrons. The third-order valence-electron chi connectivity index (χ3n) is 7.67. The van der Waals surface area contributed by atoms with E-state index in [1.54, 1.807) is 0 Å². The van der Waals surface area contributed by atoms with Gasteiger partial charge in [0.15, 0.2) is 0 Å². The van der Waals surface area contributed by atoms with Crippen LogP contribution < -0.4 is 0 Å². The Labute approximate surface area is 219 Å². The van der Waals surface area contributed by atoms with Crippen molar-refractivity contribution < 1.29 is 0 Å². The highest BCUT2D eigenvalue weighted by Crippen LogP contribution is 2.47. The molecule has 7 aromatic carbocycles. The van der Waals surface area contributed by atoms with Crippen LogP contribution in [0.4, 0.5) is 0 Å². The Kier molecular flexibility index (Phi) is 4.49. The zero-order valence-electron chi connectivity index (χ0n) is 20.1. The van der Waals surface area contributed by atoms with Gasteiger partial charge in [-0.1, -0.05) is 127 Å². The topological polar surface area (TPSA) is 0 Å². The fourth-order valence-corrected chi connectivity index (χ4v) is 7.32. The average molecular weight is 487 g/mol. The van der Waals surface area contributed by atoms with Crippen LogP contribution in [-0.4, -0.2) is 0 Å². The summed E-state index contributed by atoms with van der Waals surface area (Å²) < 4.78 is 2.69. The minimum Gasteiger partial charge on any atom is -0.135 e. The zero-order valence-corrected chi connectivity index (χ0v) is 20.9. The Morgan fingerprint density at radius 1 is 0.324 bits per heavy atom. The number of benzene rings is 7. The predicted octanol–water partition coefficient (Wildman–Crippen LogP) is 10.8. The normalized spacial score (nSPS) is 11.8. The van der Waals surface area contributed by atoms with E-state index in [1.165, 1.54) is 74.7 Å². The number of thiophene rings is 1. The molecule has 0 saturated heterocycles. The van der Waals surface area contributed by atoms with Crippen molar-refractivity contribution in [2.24, 2.45) is 0 Å². The van der Waals surface area contributed by atoms with Crippen LogP contribution in [0, 0.1) is 0 Å². The molecule has 0 bridgehead atoms. The molecule has 172 valence electrons. The van der Waals surface area contributed by atoms with Gasteiger partial charge in [0.25, 0.3) is 0 Å². The van der Waals surface area contributed by atoms with Gasteiger partial charge in [0, 0.05) is 25.7 Å². The van der Waals surface area contributed by atoms with E-state index in [2.05, 4.69) is 133 Å². The van der Waals surface area contributed by atoms with Crippen LogP contribution in [-0.2, 0) is 0 Å². The maximum absolute atomic E-state index is 2.32. The number of fused-ring (bicyclic) bond motifs is 9. The molecule has 8 aromatic rings. The highest BCUT2D eigenvalue weighted by atomic mass is 32.1. The van der Waals surface area contributed by atoms with E-state index in [9.17, 15) is 0 Å². The summed E-state index contributed by atoms with van der Waals surface area (Å²) in [6, 6.07) is 48.9. The largest absolute Gasteiger partial charge is 0.135 e. The Hall–Kier alpha value is -4.46. The second-order valence-corrected chi connectivity index (χ2v) is 10.7. The van der Waals surface area contributed by atoms with E-state index in [0.717, 1.165) is 0 Å². The first kappa shape index (κ1) is 20.7. The maximum Gasteiger partial charge on any atom is 0.0434 e. The van der Waals surface area contributed by atoms with Crippen LogP contribution in [0.25, 0.3) is 74.7 Å². The van der Waals surface area contributed by atoms with Crippen LogP contribution in [0.5, 0.6) is 0 Å². The van der Waals surface area contributed by atoms with Crippen molar-refractivity contribution in [2.75, 3.05) is 0 Å². The van der Waals surface area contributed by atoms with Crippen molar-refractivity contribution in [1.82, 2.24) is 0 Å². The molecule has 0 aliphatic rings. The van der Waals surface area contributed by atoms with E-state index in [4.69, 9.17) is 0 Å². The molecule has 8 rings (SSSR count). The van der Waals surface area contributed by atoms with Crippen molar-refractivity contribution in [3.63, 3.8) is 0 Å². The third kappa shape index (κ3) is 3.02. The van der Waals surface area contributed by atoms with Gasteiger partial charge < -0.3 is 0 Å². The van der Waals surface area contributed by atoms with Gasteiger partial charge in [0.2, 0.25) is 0 Å². The molecule has 0 nitrogen and oxygen atoms in total. The van der Waals surface area contributed by atoms with Crippen LogP contribution in [0.3, 0.4) is 0 Å². The summed E-state index contributed by atoms with van der Waals surface area (Å²) in [7, 11) is 0. The van der Waals surface area contributed by atoms with Gasteiger partial charge >= 0.3 is 0 Å². The molecule has 0 amide bonds. The zero-order chi connectivity index (χ0) is 24.3. The molecule has 0 saturated carbocycles. The summed E-state index contributed by atoms with van der Waals surface area (Å²) in [6.07, 6.45) is 0. The maximum atomic E-state index is 2.32. The summed E-state index contributed by atoms with van der Waals surface area (Å²) in [4.78, 5) is 0. The first-order valence-electron chi connectivity index (χ1n) is 12.7. The van der Waals surface area contributed by atoms with E-state index >= 15 is 0 Å². The molecule has 1 heterocycles. The van der Waals surface area contributed by atoms with Crippen LogP contribution in [0.1, 0.15) is 0 Å². The first-order chi connectivity index (χ1) is 18.4. The van der Waals surface area contributed by atoms with Gasteiger partial charge in [-0.2, -0.15) is 0 Å². The third-order valence-corrected chi connectivity index (χ3v) is 8.89. The highest BCUT2D eigenvalue weighted by Gasteiger charge is 2.18. The summed E-state index contributed by atoms with van der Waals surface area (Å²) in [5.74, 6) is 0. The molecule has 0 unspecified atom stereocenters. The van der Waals surface area contributed by atoms with Gasteiger partial charge in [0.05, 0.1) is 0 Å². The Morgan fingerprint density at radius 2 is 0.838 bits per heavy atom. The lowest BCUT2D eigenvalue weighted by Gasteiger charge is -2.17. The van der Waals surface area contributed by atoms with Gasteiger partial charge in [-0.3, -0.25) is 0 Å². The standard InChI is InChI=1S/C36H22S/c1-2-11-23(12-3-1)24-16-8-17-28-25-13-4-5-14-26(25)29-18-9-19-30(35(29)34(24)28)32-21-10-20-31-27-15-6-7-22-33(27)37-36(31)32/h1-22H. The monoisotopic (exact) mass is 486 g/mol. The first-order valence-corrected chi connectivity index (χ1v) is 13.5. The average Bonchev–Trinajstić information content (AvgIpc) is 3.36. The number of rotatable bonds is 2. The molecule has 0 N–H and O–H groups in total. The fraction of sp³-hybridized carbons (Fsp3) is 0. The molecule has 0 spiro atoms. The molecule has 37 heavy (non-hydrogen) atoms. The van der Waals surface area contributed by atoms with Crippen molar-refractivity contribution in [3.8, 4) is 22.3 Å². The summed E-state index contributed by atoms with van der Waals surface area (Å²) in [5, 5.41) is 10.6. The van der Waals surface area contributed by atoms with Gasteiger partial charge in [-0.15, -0.1) is 11.3 Å². The minimum absolute atomic E-state index is 1.25. The molecule has 1 aromatic heterocycles. The van der Waals surface area contributed by atoms with Gasteiger partial charge in [0.1, 0.15) is 0 Å². The molecule has 0 atom stereocenters. The minimum atomic E-state index is 1.25. The van der Waals surface area contributed by atoms with Crippen molar-refractivity contribution >= 4 is 63.8 Å². The van der Waals surface area contributed by atoms with E-state index in [-0.39, 0.29) is 0 Å². The number of hydrogen-bond acceptors (Lipinski definition) is 1. The van der Waals surface area contributed by atoms with Crippen LogP contribution >= 0.6 is 11.3 Å². The Morgan fingerprint density at radius 3 is 1.57 bits per heavy atom. The van der Waals surface area contributed by atoms with Gasteiger partial charge in [-0.05, 0) is 55.1 Å². The summed E-state index contributed by atoms with van der Waals surface area (Å²) >= 11 is 1.90. The molecular weight excluding hydrogens is 464 g/mol. The van der Waals surface area contributed by atoms with Gasteiger partial charge in [-0.25, -0.2) is 0 Å². The number of hydrogen-bond donors (Lipinski definition) is 0. The van der Waals surface area contributed by atoms with E-state index in [0.29, 0.717) is 0 Å². The smallest absolute Gasteiger partial charge is 0.0434 e. The fourth-order valence-electron chi connectivity index (χ4n) is 6.09. The summed E-state index contributed by atoms with van der Waals surface area (Å²) in [6.45, 7) is 0. The van der Waals surface area contributed by atoms with Crippen molar-refractivity contribution in [1.29, 1.82) is 0 Å². The SMILES string of the molecule is c1ccc(-c2cccc3c4ccccc4c4cccc(-c5cccc6c5sc5ccccc56)c4c23)cc1. The Bertz CT molecular complexity index is 2130. The van der Waals surface area contributed by atoms with Crippen molar-refractivity contribution in [3.05, 3.63) is 133 Å².